The van der Waals surface area contributed by atoms with E-state index in [0.29, 0.717) is 0 Å². The molecular formula is C29H50. The largest absolute Gasteiger partial charge is 0.0880 e. The maximum Gasteiger partial charge on any atom is -0.0134 e. The van der Waals surface area contributed by atoms with Gasteiger partial charge in [-0.3, -0.25) is 0 Å². The highest BCUT2D eigenvalue weighted by Crippen LogP contribution is 2.26. The Morgan fingerprint density at radius 2 is 1.10 bits per heavy atom. The molecular weight excluding hydrogens is 348 g/mol. The summed E-state index contributed by atoms with van der Waals surface area (Å²) in [5.74, 6) is 0. The van der Waals surface area contributed by atoms with Crippen LogP contribution in [0, 0.1) is 5.41 Å². The van der Waals surface area contributed by atoms with Gasteiger partial charge >= 0.3 is 0 Å². The van der Waals surface area contributed by atoms with Crippen LogP contribution in [-0.4, -0.2) is 0 Å². The van der Waals surface area contributed by atoms with Crippen LogP contribution >= 0.6 is 0 Å². The van der Waals surface area contributed by atoms with Crippen molar-refractivity contribution >= 4 is 0 Å². The lowest BCUT2D eigenvalue weighted by Crippen LogP contribution is -2.11. The van der Waals surface area contributed by atoms with Crippen LogP contribution in [0.15, 0.2) is 66.7 Å². The first-order valence-electron chi connectivity index (χ1n) is 11.9. The van der Waals surface area contributed by atoms with Gasteiger partial charge in [-0.05, 0) is 34.9 Å². The van der Waals surface area contributed by atoms with Gasteiger partial charge in [-0.1, -0.05) is 149 Å². The third kappa shape index (κ3) is 15.7. The Morgan fingerprint density at radius 3 is 1.55 bits per heavy atom. The first-order valence-corrected chi connectivity index (χ1v) is 11.9. The highest BCUT2D eigenvalue weighted by atomic mass is 14.2. The Balaban J connectivity index is -0.000000754. The van der Waals surface area contributed by atoms with Crippen LogP contribution in [0.2, 0.25) is 0 Å². The fourth-order valence-corrected chi connectivity index (χ4v) is 2.60. The molecule has 0 amide bonds. The van der Waals surface area contributed by atoms with Crippen LogP contribution in [0.1, 0.15) is 94.6 Å². The van der Waals surface area contributed by atoms with Crippen molar-refractivity contribution in [3.05, 3.63) is 72.3 Å². The number of unbranched alkanes of at least 4 members (excludes halogenated alkanes) is 1. The van der Waals surface area contributed by atoms with Crippen LogP contribution in [0.3, 0.4) is 0 Å². The van der Waals surface area contributed by atoms with Crippen LogP contribution < -0.4 is 0 Å². The Bertz CT molecular complexity index is 559. The van der Waals surface area contributed by atoms with Gasteiger partial charge in [-0.15, -0.1) is 0 Å². The van der Waals surface area contributed by atoms with Crippen molar-refractivity contribution in [1.82, 2.24) is 0 Å². The van der Waals surface area contributed by atoms with E-state index < -0.39 is 0 Å². The molecule has 0 unspecified atom stereocenters. The topological polar surface area (TPSA) is 0 Å². The molecule has 2 aromatic rings. The summed E-state index contributed by atoms with van der Waals surface area (Å²) in [6.07, 6.45) is 8.16. The molecule has 0 saturated carbocycles. The smallest absolute Gasteiger partial charge is 0.0134 e. The number of benzene rings is 2. The van der Waals surface area contributed by atoms with Crippen molar-refractivity contribution in [3.63, 3.8) is 0 Å². The molecule has 0 N–H and O–H groups in total. The number of rotatable bonds is 6. The maximum absolute atomic E-state index is 2.36. The molecule has 0 heteroatoms. The number of hydrogen-bond acceptors (Lipinski definition) is 0. The average molecular weight is 399 g/mol. The van der Waals surface area contributed by atoms with Crippen LogP contribution in [0.25, 0.3) is 11.1 Å². The summed E-state index contributed by atoms with van der Waals surface area (Å²) in [5, 5.41) is 0. The summed E-state index contributed by atoms with van der Waals surface area (Å²) >= 11 is 0. The lowest BCUT2D eigenvalue weighted by Gasteiger charge is -2.20. The summed E-state index contributed by atoms with van der Waals surface area (Å²) < 4.78 is 0. The summed E-state index contributed by atoms with van der Waals surface area (Å²) in [6.45, 7) is 22.8. The van der Waals surface area contributed by atoms with Crippen molar-refractivity contribution in [2.75, 3.05) is 0 Å². The summed E-state index contributed by atoms with van der Waals surface area (Å²) in [7, 11) is 0. The highest BCUT2D eigenvalue weighted by molar-refractivity contribution is 5.63. The standard InChI is InChI=1S/C21H26.4C2H6/c1-4-5-9-16-21(2,3)17-18-12-14-20(15-13-18)19-10-7-6-8-11-19;4*1-2/h6-16H,4-5,17H2,1-3H3;4*1-2H3/b16-9-;;;;. The third-order valence-electron chi connectivity index (χ3n) is 3.75. The minimum atomic E-state index is 0.226. The van der Waals surface area contributed by atoms with E-state index in [4.69, 9.17) is 0 Å². The van der Waals surface area contributed by atoms with Crippen LogP contribution in [-0.2, 0) is 6.42 Å². The molecule has 0 saturated heterocycles. The second-order valence-corrected chi connectivity index (χ2v) is 6.42. The molecule has 0 aromatic heterocycles. The molecule has 166 valence electrons. The molecule has 0 aliphatic carbocycles. The lowest BCUT2D eigenvalue weighted by atomic mass is 9.85. The van der Waals surface area contributed by atoms with Gasteiger partial charge in [-0.2, -0.15) is 0 Å². The van der Waals surface area contributed by atoms with Crippen LogP contribution in [0.4, 0.5) is 0 Å². The number of hydrogen-bond donors (Lipinski definition) is 0. The molecule has 0 fully saturated rings. The normalized spacial score (nSPS) is 9.48. The predicted molar refractivity (Wildman–Crippen MR) is 139 cm³/mol. The Hall–Kier alpha value is -1.82. The van der Waals surface area contributed by atoms with E-state index in [2.05, 4.69) is 87.5 Å². The molecule has 0 aliphatic heterocycles. The molecule has 0 atom stereocenters. The van der Waals surface area contributed by atoms with Crippen molar-refractivity contribution in [3.8, 4) is 11.1 Å². The number of allylic oxidation sites excluding steroid dienone is 2. The van der Waals surface area contributed by atoms with E-state index in [-0.39, 0.29) is 5.41 Å². The predicted octanol–water partition coefficient (Wildman–Crippen LogP) is 10.4. The molecule has 0 heterocycles. The summed E-state index contributed by atoms with van der Waals surface area (Å²) in [6, 6.07) is 19.5. The van der Waals surface area contributed by atoms with E-state index in [1.54, 1.807) is 0 Å². The fraction of sp³-hybridized carbons (Fsp3) is 0.517. The zero-order chi connectivity index (χ0) is 23.1. The second-order valence-electron chi connectivity index (χ2n) is 6.42. The van der Waals surface area contributed by atoms with Crippen LogP contribution in [0.5, 0.6) is 0 Å². The van der Waals surface area contributed by atoms with Gasteiger partial charge in [0.05, 0.1) is 0 Å². The van der Waals surface area contributed by atoms with E-state index in [1.807, 2.05) is 55.4 Å². The zero-order valence-corrected chi connectivity index (χ0v) is 21.5. The van der Waals surface area contributed by atoms with Gasteiger partial charge in [0.25, 0.3) is 0 Å². The molecule has 0 aliphatic rings. The zero-order valence-electron chi connectivity index (χ0n) is 21.5. The van der Waals surface area contributed by atoms with E-state index in [9.17, 15) is 0 Å². The molecule has 0 nitrogen and oxygen atoms in total. The van der Waals surface area contributed by atoms with E-state index >= 15 is 0 Å². The summed E-state index contributed by atoms with van der Waals surface area (Å²) in [5.41, 5.74) is 4.20. The lowest BCUT2D eigenvalue weighted by molar-refractivity contribution is 0.476. The van der Waals surface area contributed by atoms with Gasteiger partial charge in [0, 0.05) is 0 Å². The molecule has 0 radical (unpaired) electrons. The minimum absolute atomic E-state index is 0.226. The Labute approximate surface area is 184 Å². The summed E-state index contributed by atoms with van der Waals surface area (Å²) in [4.78, 5) is 0. The van der Waals surface area contributed by atoms with Crippen molar-refractivity contribution < 1.29 is 0 Å². The van der Waals surface area contributed by atoms with Gasteiger partial charge in [-0.25, -0.2) is 0 Å². The fourth-order valence-electron chi connectivity index (χ4n) is 2.60. The van der Waals surface area contributed by atoms with Crippen molar-refractivity contribution in [2.45, 2.75) is 95.4 Å². The highest BCUT2D eigenvalue weighted by Gasteiger charge is 2.14. The molecule has 0 bridgehead atoms. The second kappa shape index (κ2) is 22.5. The van der Waals surface area contributed by atoms with Gasteiger partial charge in [0.2, 0.25) is 0 Å². The van der Waals surface area contributed by atoms with Gasteiger partial charge in [0.1, 0.15) is 0 Å². The van der Waals surface area contributed by atoms with Gasteiger partial charge in [0.15, 0.2) is 0 Å². The quantitative estimate of drug-likeness (QED) is 0.424. The molecule has 2 aromatic carbocycles. The van der Waals surface area contributed by atoms with Crippen molar-refractivity contribution in [1.29, 1.82) is 0 Å². The third-order valence-corrected chi connectivity index (χ3v) is 3.75. The van der Waals surface area contributed by atoms with Gasteiger partial charge < -0.3 is 0 Å². The molecule has 29 heavy (non-hydrogen) atoms. The monoisotopic (exact) mass is 398 g/mol. The average Bonchev–Trinajstić information content (AvgIpc) is 2.80. The molecule has 0 spiro atoms. The minimum Gasteiger partial charge on any atom is -0.0880 e. The van der Waals surface area contributed by atoms with E-state index in [0.717, 1.165) is 6.42 Å². The molecule has 2 rings (SSSR count). The first-order chi connectivity index (χ1) is 14.1. The Kier molecular flexibility index (Phi) is 24.7. The SMILES string of the molecule is CC.CC.CC.CC.CCC/C=C\C(C)(C)Cc1ccc(-c2ccccc2)cc1. The van der Waals surface area contributed by atoms with Crippen molar-refractivity contribution in [2.24, 2.45) is 5.41 Å². The first kappa shape index (κ1) is 31.9. The Morgan fingerprint density at radius 1 is 0.655 bits per heavy atom. The van der Waals surface area contributed by atoms with E-state index in [1.165, 1.54) is 29.5 Å². The maximum atomic E-state index is 2.36.